The molecular formula is C14H19FIN. The van der Waals surface area contributed by atoms with E-state index in [1.807, 2.05) is 6.07 Å². The van der Waals surface area contributed by atoms with E-state index < -0.39 is 0 Å². The number of halogens is 2. The molecule has 0 aromatic heterocycles. The molecule has 0 saturated carbocycles. The predicted octanol–water partition coefficient (Wildman–Crippen LogP) is 4.44. The van der Waals surface area contributed by atoms with Gasteiger partial charge < -0.3 is 5.32 Å². The summed E-state index contributed by atoms with van der Waals surface area (Å²) in [4.78, 5) is 0. The van der Waals surface area contributed by atoms with Crippen molar-refractivity contribution in [1.29, 1.82) is 0 Å². The van der Waals surface area contributed by atoms with E-state index in [2.05, 4.69) is 48.3 Å². The van der Waals surface area contributed by atoms with Crippen LogP contribution in [0.5, 0.6) is 0 Å². The Morgan fingerprint density at radius 1 is 1.47 bits per heavy atom. The molecule has 94 valence electrons. The highest BCUT2D eigenvalue weighted by atomic mass is 127. The summed E-state index contributed by atoms with van der Waals surface area (Å²) < 4.78 is 14.1. The molecule has 1 N–H and O–H groups in total. The minimum absolute atomic E-state index is 0.178. The Morgan fingerprint density at radius 3 is 2.71 bits per heavy atom. The minimum atomic E-state index is -0.178. The molecule has 1 aromatic rings. The molecule has 0 heterocycles. The molecule has 0 radical (unpaired) electrons. The molecule has 0 fully saturated rings. The lowest BCUT2D eigenvalue weighted by Gasteiger charge is -2.20. The van der Waals surface area contributed by atoms with Gasteiger partial charge in [0.25, 0.3) is 0 Å². The Bertz CT molecular complexity index is 390. The summed E-state index contributed by atoms with van der Waals surface area (Å²) in [5.41, 5.74) is 2.37. The van der Waals surface area contributed by atoms with E-state index in [9.17, 15) is 4.39 Å². The summed E-state index contributed by atoms with van der Waals surface area (Å²) in [6.45, 7) is 9.14. The third-order valence-corrected chi connectivity index (χ3v) is 3.72. The summed E-state index contributed by atoms with van der Waals surface area (Å²) in [7, 11) is 0. The van der Waals surface area contributed by atoms with E-state index >= 15 is 0 Å². The summed E-state index contributed by atoms with van der Waals surface area (Å²) in [5, 5.41) is 3.44. The zero-order valence-electron chi connectivity index (χ0n) is 10.4. The molecule has 1 unspecified atom stereocenters. The predicted molar refractivity (Wildman–Crippen MR) is 79.6 cm³/mol. The van der Waals surface area contributed by atoms with Gasteiger partial charge in [-0.25, -0.2) is 4.39 Å². The number of hydrogen-bond acceptors (Lipinski definition) is 1. The van der Waals surface area contributed by atoms with Crippen LogP contribution in [0.3, 0.4) is 0 Å². The van der Waals surface area contributed by atoms with Crippen LogP contribution in [0.15, 0.2) is 30.4 Å². The smallest absolute Gasteiger partial charge is 0.124 e. The van der Waals surface area contributed by atoms with Crippen molar-refractivity contribution >= 4 is 22.6 Å². The Morgan fingerprint density at radius 2 is 2.18 bits per heavy atom. The van der Waals surface area contributed by atoms with Gasteiger partial charge in [-0.2, -0.15) is 0 Å². The third-order valence-electron chi connectivity index (χ3n) is 2.78. The van der Waals surface area contributed by atoms with Crippen molar-refractivity contribution in [3.05, 3.63) is 45.3 Å². The van der Waals surface area contributed by atoms with E-state index in [0.717, 1.165) is 28.5 Å². The Labute approximate surface area is 117 Å². The minimum Gasteiger partial charge on any atom is -0.310 e. The average molecular weight is 347 g/mol. The number of rotatable bonds is 6. The Hall–Kier alpha value is -0.420. The third kappa shape index (κ3) is 4.39. The van der Waals surface area contributed by atoms with Crippen molar-refractivity contribution in [3.63, 3.8) is 0 Å². The maximum atomic E-state index is 13.1. The van der Waals surface area contributed by atoms with Crippen molar-refractivity contribution in [2.45, 2.75) is 32.7 Å². The fraction of sp³-hybridized carbons (Fsp3) is 0.429. The van der Waals surface area contributed by atoms with E-state index in [0.29, 0.717) is 0 Å². The topological polar surface area (TPSA) is 12.0 Å². The first-order chi connectivity index (χ1) is 8.08. The van der Waals surface area contributed by atoms with Gasteiger partial charge in [0.15, 0.2) is 0 Å². The zero-order chi connectivity index (χ0) is 12.8. The van der Waals surface area contributed by atoms with Gasteiger partial charge >= 0.3 is 0 Å². The highest BCUT2D eigenvalue weighted by Crippen LogP contribution is 2.26. The molecule has 0 aliphatic heterocycles. The fourth-order valence-corrected chi connectivity index (χ4v) is 2.61. The molecule has 1 aromatic carbocycles. The summed E-state index contributed by atoms with van der Waals surface area (Å²) in [5.74, 6) is -0.178. The molecule has 1 atom stereocenters. The Kier molecular flexibility index (Phi) is 6.12. The summed E-state index contributed by atoms with van der Waals surface area (Å²) in [6.07, 6.45) is 1.89. The molecule has 17 heavy (non-hydrogen) atoms. The molecule has 0 aliphatic rings. The lowest BCUT2D eigenvalue weighted by molar-refractivity contribution is 0.538. The number of nitrogens with one attached hydrogen (secondary N) is 1. The number of benzene rings is 1. The summed E-state index contributed by atoms with van der Waals surface area (Å²) in [6, 6.07) is 5.21. The zero-order valence-corrected chi connectivity index (χ0v) is 12.6. The van der Waals surface area contributed by atoms with Crippen molar-refractivity contribution in [2.24, 2.45) is 0 Å². The maximum Gasteiger partial charge on any atom is 0.124 e. The van der Waals surface area contributed by atoms with Gasteiger partial charge in [-0.15, -0.1) is 0 Å². The van der Waals surface area contributed by atoms with Crippen LogP contribution in [-0.2, 0) is 0 Å². The summed E-state index contributed by atoms with van der Waals surface area (Å²) >= 11 is 2.19. The van der Waals surface area contributed by atoms with Crippen LogP contribution in [0.1, 0.15) is 38.3 Å². The van der Waals surface area contributed by atoms with Gasteiger partial charge in [-0.3, -0.25) is 0 Å². The van der Waals surface area contributed by atoms with E-state index in [1.54, 1.807) is 6.07 Å². The molecule has 0 aliphatic carbocycles. The first kappa shape index (κ1) is 14.6. The van der Waals surface area contributed by atoms with Crippen LogP contribution in [-0.4, -0.2) is 6.54 Å². The highest BCUT2D eigenvalue weighted by molar-refractivity contribution is 14.1. The van der Waals surface area contributed by atoms with E-state index in [4.69, 9.17) is 0 Å². The second kappa shape index (κ2) is 7.11. The quantitative estimate of drug-likeness (QED) is 0.593. The van der Waals surface area contributed by atoms with Crippen LogP contribution in [0, 0.1) is 9.39 Å². The van der Waals surface area contributed by atoms with Crippen LogP contribution in [0.2, 0.25) is 0 Å². The Balaban J connectivity index is 2.92. The van der Waals surface area contributed by atoms with Crippen molar-refractivity contribution in [2.75, 3.05) is 6.54 Å². The molecular weight excluding hydrogens is 328 g/mol. The van der Waals surface area contributed by atoms with Crippen LogP contribution in [0.4, 0.5) is 4.39 Å². The second-order valence-corrected chi connectivity index (χ2v) is 5.25. The van der Waals surface area contributed by atoms with Crippen molar-refractivity contribution in [1.82, 2.24) is 5.32 Å². The van der Waals surface area contributed by atoms with E-state index in [-0.39, 0.29) is 11.9 Å². The van der Waals surface area contributed by atoms with Crippen LogP contribution >= 0.6 is 22.6 Å². The monoisotopic (exact) mass is 347 g/mol. The first-order valence-corrected chi connectivity index (χ1v) is 7.01. The van der Waals surface area contributed by atoms with Crippen LogP contribution in [0.25, 0.3) is 0 Å². The van der Waals surface area contributed by atoms with E-state index in [1.165, 1.54) is 11.6 Å². The van der Waals surface area contributed by atoms with Crippen molar-refractivity contribution in [3.8, 4) is 0 Å². The largest absolute Gasteiger partial charge is 0.310 e. The molecule has 0 bridgehead atoms. The van der Waals surface area contributed by atoms with Gasteiger partial charge in [0.05, 0.1) is 0 Å². The molecule has 3 heteroatoms. The van der Waals surface area contributed by atoms with Gasteiger partial charge in [0.2, 0.25) is 0 Å². The lowest BCUT2D eigenvalue weighted by atomic mass is 9.98. The molecule has 1 nitrogen and oxygen atoms in total. The molecule has 0 saturated heterocycles. The highest BCUT2D eigenvalue weighted by Gasteiger charge is 2.14. The van der Waals surface area contributed by atoms with Gasteiger partial charge in [-0.1, -0.05) is 32.1 Å². The SMILES string of the molecule is C=C(CC)CC(NCC)c1ccc(F)cc1I. The maximum absolute atomic E-state index is 13.1. The molecule has 0 amide bonds. The van der Waals surface area contributed by atoms with Gasteiger partial charge in [-0.05, 0) is 59.7 Å². The first-order valence-electron chi connectivity index (χ1n) is 5.93. The fourth-order valence-electron chi connectivity index (χ4n) is 1.76. The van der Waals surface area contributed by atoms with Gasteiger partial charge in [0.1, 0.15) is 5.82 Å². The second-order valence-electron chi connectivity index (χ2n) is 4.08. The lowest BCUT2D eigenvalue weighted by Crippen LogP contribution is -2.22. The standard InChI is InChI=1S/C14H19FIN/c1-4-10(3)8-14(17-5-2)12-7-6-11(15)9-13(12)16/h6-7,9,14,17H,3-5,8H2,1-2H3. The van der Waals surface area contributed by atoms with Crippen LogP contribution < -0.4 is 5.32 Å². The molecule has 0 spiro atoms. The van der Waals surface area contributed by atoms with Gasteiger partial charge in [0, 0.05) is 9.61 Å². The molecule has 1 rings (SSSR count). The normalized spacial score (nSPS) is 12.5. The average Bonchev–Trinajstić information content (AvgIpc) is 2.28. The van der Waals surface area contributed by atoms with Crippen molar-refractivity contribution < 1.29 is 4.39 Å². The number of hydrogen-bond donors (Lipinski definition) is 1.